The Hall–Kier alpha value is -2.41. The Balaban J connectivity index is 1.40. The summed E-state index contributed by atoms with van der Waals surface area (Å²) in [5.74, 6) is -0.297. The highest BCUT2D eigenvalue weighted by Crippen LogP contribution is 2.16. The van der Waals surface area contributed by atoms with E-state index in [2.05, 4.69) is 22.5 Å². The largest absolute Gasteiger partial charge is 0.355 e. The van der Waals surface area contributed by atoms with Crippen molar-refractivity contribution in [1.29, 1.82) is 0 Å². The van der Waals surface area contributed by atoms with Gasteiger partial charge in [-0.3, -0.25) is 19.4 Å². The van der Waals surface area contributed by atoms with E-state index in [-0.39, 0.29) is 24.3 Å². The number of likely N-dealkylation sites (N-methyl/N-ethyl adjacent to an activating group) is 1. The molecule has 0 aromatic heterocycles. The van der Waals surface area contributed by atoms with Gasteiger partial charge >= 0.3 is 6.03 Å². The predicted octanol–water partition coefficient (Wildman–Crippen LogP) is 1.53. The van der Waals surface area contributed by atoms with E-state index in [1.165, 1.54) is 11.3 Å². The molecule has 1 aromatic carbocycles. The lowest BCUT2D eigenvalue weighted by atomic mass is 10.1. The van der Waals surface area contributed by atoms with Gasteiger partial charge in [0.15, 0.2) is 0 Å². The van der Waals surface area contributed by atoms with Crippen LogP contribution < -0.4 is 10.6 Å². The summed E-state index contributed by atoms with van der Waals surface area (Å²) in [6.07, 6.45) is 3.49. The van der Waals surface area contributed by atoms with Crippen LogP contribution in [0.3, 0.4) is 0 Å². The maximum Gasteiger partial charge on any atom is 0.324 e. The first-order valence-electron chi connectivity index (χ1n) is 10.2. The molecule has 3 rings (SSSR count). The maximum absolute atomic E-state index is 12.5. The van der Waals surface area contributed by atoms with Crippen molar-refractivity contribution in [3.63, 3.8) is 0 Å². The topological polar surface area (TPSA) is 81.8 Å². The average molecular weight is 386 g/mol. The predicted molar refractivity (Wildman–Crippen MR) is 107 cm³/mol. The molecule has 2 atom stereocenters. The third kappa shape index (κ3) is 5.10. The third-order valence-electron chi connectivity index (χ3n) is 5.67. The average Bonchev–Trinajstić information content (AvgIpc) is 3.27. The molecular weight excluding hydrogens is 356 g/mol. The molecular formula is C21H30N4O3. The highest BCUT2D eigenvalue weighted by Gasteiger charge is 2.37. The lowest BCUT2D eigenvalue weighted by Gasteiger charge is -2.22. The number of hydrogen-bond donors (Lipinski definition) is 2. The van der Waals surface area contributed by atoms with Crippen molar-refractivity contribution in [1.82, 2.24) is 20.4 Å². The van der Waals surface area contributed by atoms with E-state index in [9.17, 15) is 14.4 Å². The van der Waals surface area contributed by atoms with Gasteiger partial charge in [0.1, 0.15) is 6.04 Å². The first-order valence-corrected chi connectivity index (χ1v) is 10.2. The molecule has 0 radical (unpaired) electrons. The molecule has 2 fully saturated rings. The molecule has 2 aliphatic heterocycles. The summed E-state index contributed by atoms with van der Waals surface area (Å²) in [7, 11) is 0. The number of nitrogens with one attached hydrogen (secondary N) is 2. The Labute approximate surface area is 166 Å². The second kappa shape index (κ2) is 9.68. The summed E-state index contributed by atoms with van der Waals surface area (Å²) in [5, 5.41) is 5.69. The third-order valence-corrected chi connectivity index (χ3v) is 5.67. The van der Waals surface area contributed by atoms with Gasteiger partial charge in [-0.05, 0) is 44.3 Å². The number of urea groups is 1. The van der Waals surface area contributed by atoms with Gasteiger partial charge < -0.3 is 10.6 Å². The first kappa shape index (κ1) is 20.3. The molecule has 7 nitrogen and oxygen atoms in total. The Kier molecular flexibility index (Phi) is 7.03. The van der Waals surface area contributed by atoms with Crippen LogP contribution >= 0.6 is 0 Å². The van der Waals surface area contributed by atoms with E-state index in [4.69, 9.17) is 0 Å². The van der Waals surface area contributed by atoms with Crippen molar-refractivity contribution in [3.05, 3.63) is 35.9 Å². The van der Waals surface area contributed by atoms with Crippen LogP contribution in [-0.4, -0.2) is 65.9 Å². The number of likely N-dealkylation sites (tertiary alicyclic amines) is 1. The molecule has 1 aromatic rings. The number of carbonyl (C=O) groups excluding carboxylic acids is 3. The van der Waals surface area contributed by atoms with E-state index in [0.717, 1.165) is 25.1 Å². The summed E-state index contributed by atoms with van der Waals surface area (Å²) in [5.41, 5.74) is 1.08. The fourth-order valence-corrected chi connectivity index (χ4v) is 4.01. The maximum atomic E-state index is 12.5. The zero-order valence-corrected chi connectivity index (χ0v) is 16.5. The van der Waals surface area contributed by atoms with Gasteiger partial charge in [0, 0.05) is 25.6 Å². The molecule has 152 valence electrons. The van der Waals surface area contributed by atoms with E-state index in [1.807, 2.05) is 30.3 Å². The van der Waals surface area contributed by atoms with Gasteiger partial charge in [0.05, 0.1) is 0 Å². The number of hydrogen-bond acceptors (Lipinski definition) is 4. The summed E-state index contributed by atoms with van der Waals surface area (Å²) >= 11 is 0. The molecule has 0 aliphatic carbocycles. The van der Waals surface area contributed by atoms with Crippen LogP contribution in [0.5, 0.6) is 0 Å². The highest BCUT2D eigenvalue weighted by molar-refractivity contribution is 6.04. The molecule has 2 saturated heterocycles. The van der Waals surface area contributed by atoms with Crippen molar-refractivity contribution in [2.75, 3.05) is 26.2 Å². The minimum atomic E-state index is -0.604. The Morgan fingerprint density at radius 3 is 2.79 bits per heavy atom. The SMILES string of the molecule is CCN1CCC[C@@H]1CNC(=O)CC[C@@H]1NC(=O)N(CCc2ccccc2)C1=O. The van der Waals surface area contributed by atoms with Crippen LogP contribution in [0.15, 0.2) is 30.3 Å². The van der Waals surface area contributed by atoms with Crippen molar-refractivity contribution in [2.24, 2.45) is 0 Å². The second-order valence-electron chi connectivity index (χ2n) is 7.49. The van der Waals surface area contributed by atoms with Crippen molar-refractivity contribution < 1.29 is 14.4 Å². The van der Waals surface area contributed by atoms with Crippen LogP contribution in [0.4, 0.5) is 4.79 Å². The summed E-state index contributed by atoms with van der Waals surface area (Å²) in [4.78, 5) is 40.4. The molecule has 2 N–H and O–H groups in total. The van der Waals surface area contributed by atoms with Crippen LogP contribution in [0.25, 0.3) is 0 Å². The zero-order valence-electron chi connectivity index (χ0n) is 16.5. The minimum absolute atomic E-state index is 0.0623. The normalized spacial score (nSPS) is 22.5. The summed E-state index contributed by atoms with van der Waals surface area (Å²) < 4.78 is 0. The van der Waals surface area contributed by atoms with Gasteiger partial charge in [0.2, 0.25) is 5.91 Å². The number of amides is 4. The number of carbonyl (C=O) groups is 3. The number of benzene rings is 1. The standard InChI is InChI=1S/C21H30N4O3/c1-2-24-13-6-9-17(24)15-22-19(26)11-10-18-20(27)25(21(28)23-18)14-12-16-7-4-3-5-8-16/h3-5,7-8,17-18H,2,6,9-15H2,1H3,(H,22,26)(H,23,28)/t17-,18+/m1/s1. The quantitative estimate of drug-likeness (QED) is 0.631. The summed E-state index contributed by atoms with van der Waals surface area (Å²) in [6.45, 7) is 5.24. The van der Waals surface area contributed by atoms with Gasteiger partial charge in [-0.25, -0.2) is 4.79 Å². The fraction of sp³-hybridized carbons (Fsp3) is 0.571. The van der Waals surface area contributed by atoms with Gasteiger partial charge in [-0.1, -0.05) is 37.3 Å². The minimum Gasteiger partial charge on any atom is -0.355 e. The van der Waals surface area contributed by atoms with E-state index in [0.29, 0.717) is 32.0 Å². The molecule has 0 saturated carbocycles. The molecule has 7 heteroatoms. The lowest BCUT2D eigenvalue weighted by molar-refractivity contribution is -0.127. The van der Waals surface area contributed by atoms with Crippen LogP contribution in [0.1, 0.15) is 38.2 Å². The highest BCUT2D eigenvalue weighted by atomic mass is 16.2. The van der Waals surface area contributed by atoms with Gasteiger partial charge in [-0.15, -0.1) is 0 Å². The van der Waals surface area contributed by atoms with Crippen molar-refractivity contribution in [3.8, 4) is 0 Å². The monoisotopic (exact) mass is 386 g/mol. The number of rotatable bonds is 9. The Morgan fingerprint density at radius 1 is 1.25 bits per heavy atom. The molecule has 2 aliphatic rings. The molecule has 2 heterocycles. The van der Waals surface area contributed by atoms with Crippen molar-refractivity contribution >= 4 is 17.8 Å². The van der Waals surface area contributed by atoms with Crippen LogP contribution in [-0.2, 0) is 16.0 Å². The molecule has 4 amide bonds. The molecule has 28 heavy (non-hydrogen) atoms. The molecule has 0 spiro atoms. The smallest absolute Gasteiger partial charge is 0.324 e. The molecule has 0 bridgehead atoms. The summed E-state index contributed by atoms with van der Waals surface area (Å²) in [6, 6.07) is 9.21. The molecule has 0 unspecified atom stereocenters. The number of imide groups is 1. The Morgan fingerprint density at radius 2 is 2.04 bits per heavy atom. The lowest BCUT2D eigenvalue weighted by Crippen LogP contribution is -2.40. The van der Waals surface area contributed by atoms with Crippen LogP contribution in [0, 0.1) is 0 Å². The van der Waals surface area contributed by atoms with Gasteiger partial charge in [0.25, 0.3) is 5.91 Å². The van der Waals surface area contributed by atoms with Gasteiger partial charge in [-0.2, -0.15) is 0 Å². The Bertz CT molecular complexity index is 694. The van der Waals surface area contributed by atoms with E-state index in [1.54, 1.807) is 0 Å². The van der Waals surface area contributed by atoms with Crippen molar-refractivity contribution in [2.45, 2.75) is 51.1 Å². The first-order chi connectivity index (χ1) is 13.6. The number of nitrogens with zero attached hydrogens (tertiary/aromatic N) is 2. The van der Waals surface area contributed by atoms with Crippen LogP contribution in [0.2, 0.25) is 0 Å². The second-order valence-corrected chi connectivity index (χ2v) is 7.49. The zero-order chi connectivity index (χ0) is 19.9. The van der Waals surface area contributed by atoms with E-state index >= 15 is 0 Å². The van der Waals surface area contributed by atoms with E-state index < -0.39 is 6.04 Å². The fourth-order valence-electron chi connectivity index (χ4n) is 4.01.